The van der Waals surface area contributed by atoms with Gasteiger partial charge < -0.3 is 9.47 Å². The summed E-state index contributed by atoms with van der Waals surface area (Å²) in [6.45, 7) is 9.63. The van der Waals surface area contributed by atoms with Crippen LogP contribution in [0.15, 0.2) is 37.1 Å². The number of hydrogen-bond donors (Lipinski definition) is 0. The van der Waals surface area contributed by atoms with Crippen LogP contribution in [-0.2, 0) is 10.2 Å². The van der Waals surface area contributed by atoms with Crippen molar-refractivity contribution in [2.24, 2.45) is 0 Å². The Morgan fingerprint density at radius 1 is 1.25 bits per heavy atom. The Balaban J connectivity index is 2.72. The van der Waals surface area contributed by atoms with Crippen molar-refractivity contribution in [3.05, 3.63) is 42.7 Å². The molecule has 0 heterocycles. The van der Waals surface area contributed by atoms with Gasteiger partial charge >= 0.3 is 6.16 Å². The Labute approximate surface area is 95.7 Å². The minimum atomic E-state index is -0.779. The fourth-order valence-corrected chi connectivity index (χ4v) is 1.21. The smallest absolute Gasteiger partial charge is 0.403 e. The monoisotopic (exact) mass is 220 g/mol. The molecule has 0 aliphatic carbocycles. The van der Waals surface area contributed by atoms with Crippen LogP contribution in [0.1, 0.15) is 26.3 Å². The number of carbonyl (C=O) groups excluding carboxylic acids is 1. The van der Waals surface area contributed by atoms with Gasteiger partial charge in [0.1, 0.15) is 5.75 Å². The maximum atomic E-state index is 11.0. The highest BCUT2D eigenvalue weighted by Gasteiger charge is 2.13. The van der Waals surface area contributed by atoms with E-state index in [1.807, 2.05) is 12.1 Å². The molecule has 1 rings (SSSR count). The van der Waals surface area contributed by atoms with Gasteiger partial charge in [0.2, 0.25) is 0 Å². The van der Waals surface area contributed by atoms with Crippen molar-refractivity contribution in [2.45, 2.75) is 26.2 Å². The molecule has 0 N–H and O–H groups in total. The van der Waals surface area contributed by atoms with Crippen LogP contribution < -0.4 is 4.74 Å². The number of rotatable bonds is 2. The van der Waals surface area contributed by atoms with E-state index in [0.717, 1.165) is 6.26 Å². The van der Waals surface area contributed by atoms with Crippen molar-refractivity contribution in [1.29, 1.82) is 0 Å². The molecule has 0 saturated carbocycles. The van der Waals surface area contributed by atoms with Crippen molar-refractivity contribution < 1.29 is 14.3 Å². The average molecular weight is 220 g/mol. The maximum Gasteiger partial charge on any atom is 0.518 e. The van der Waals surface area contributed by atoms with E-state index in [4.69, 9.17) is 4.74 Å². The summed E-state index contributed by atoms with van der Waals surface area (Å²) < 4.78 is 9.34. The van der Waals surface area contributed by atoms with Crippen LogP contribution in [0.4, 0.5) is 4.79 Å². The van der Waals surface area contributed by atoms with E-state index in [2.05, 4.69) is 32.1 Å². The molecule has 16 heavy (non-hydrogen) atoms. The summed E-state index contributed by atoms with van der Waals surface area (Å²) in [7, 11) is 0. The van der Waals surface area contributed by atoms with Gasteiger partial charge in [0.25, 0.3) is 0 Å². The second-order valence-corrected chi connectivity index (χ2v) is 4.41. The molecule has 3 heteroatoms. The maximum absolute atomic E-state index is 11.0. The highest BCUT2D eigenvalue weighted by Crippen LogP contribution is 2.24. The number of benzene rings is 1. The Morgan fingerprint density at radius 3 is 2.25 bits per heavy atom. The zero-order chi connectivity index (χ0) is 12.2. The topological polar surface area (TPSA) is 35.5 Å². The average Bonchev–Trinajstić information content (AvgIpc) is 2.17. The van der Waals surface area contributed by atoms with Crippen molar-refractivity contribution in [2.75, 3.05) is 0 Å². The predicted octanol–water partition coefficient (Wildman–Crippen LogP) is 3.64. The van der Waals surface area contributed by atoms with E-state index in [-0.39, 0.29) is 5.41 Å². The van der Waals surface area contributed by atoms with Crippen LogP contribution in [-0.4, -0.2) is 6.16 Å². The summed E-state index contributed by atoms with van der Waals surface area (Å²) in [5.41, 5.74) is 1.26. The molecule has 0 atom stereocenters. The van der Waals surface area contributed by atoms with E-state index in [9.17, 15) is 4.79 Å². The Hall–Kier alpha value is -1.77. The summed E-state index contributed by atoms with van der Waals surface area (Å²) in [4.78, 5) is 11.0. The summed E-state index contributed by atoms with van der Waals surface area (Å²) in [5, 5.41) is 0. The summed E-state index contributed by atoms with van der Waals surface area (Å²) in [5.74, 6) is 0.458. The third kappa shape index (κ3) is 3.42. The van der Waals surface area contributed by atoms with Crippen LogP contribution in [0.5, 0.6) is 5.75 Å². The van der Waals surface area contributed by atoms with Crippen LogP contribution in [0.3, 0.4) is 0 Å². The lowest BCUT2D eigenvalue weighted by Crippen LogP contribution is -2.11. The van der Waals surface area contributed by atoms with E-state index >= 15 is 0 Å². The lowest BCUT2D eigenvalue weighted by molar-refractivity contribution is 0.136. The van der Waals surface area contributed by atoms with Crippen LogP contribution in [0.25, 0.3) is 0 Å². The van der Waals surface area contributed by atoms with E-state index < -0.39 is 6.16 Å². The second-order valence-electron chi connectivity index (χ2n) is 4.41. The molecule has 0 aliphatic heterocycles. The summed E-state index contributed by atoms with van der Waals surface area (Å²) in [6.07, 6.45) is 0.254. The molecule has 1 aromatic carbocycles. The van der Waals surface area contributed by atoms with Gasteiger partial charge in [-0.15, -0.1) is 0 Å². The fraction of sp³-hybridized carbons (Fsp3) is 0.308. The van der Waals surface area contributed by atoms with Gasteiger partial charge in [-0.1, -0.05) is 39.5 Å². The van der Waals surface area contributed by atoms with Crippen LogP contribution in [0, 0.1) is 0 Å². The van der Waals surface area contributed by atoms with Crippen molar-refractivity contribution in [1.82, 2.24) is 0 Å². The third-order valence-electron chi connectivity index (χ3n) is 2.10. The van der Waals surface area contributed by atoms with Crippen molar-refractivity contribution in [3.63, 3.8) is 0 Å². The van der Waals surface area contributed by atoms with E-state index in [0.29, 0.717) is 5.75 Å². The summed E-state index contributed by atoms with van der Waals surface area (Å²) in [6, 6.07) is 7.34. The van der Waals surface area contributed by atoms with Gasteiger partial charge in [0.05, 0.1) is 6.26 Å². The zero-order valence-electron chi connectivity index (χ0n) is 9.82. The second kappa shape index (κ2) is 4.84. The number of ether oxygens (including phenoxy) is 2. The molecule has 0 aliphatic rings. The first kappa shape index (κ1) is 12.3. The van der Waals surface area contributed by atoms with Crippen molar-refractivity contribution in [3.8, 4) is 5.75 Å². The third-order valence-corrected chi connectivity index (χ3v) is 2.10. The standard InChI is InChI=1S/C13H16O3/c1-5-15-12(14)16-11-8-6-10(7-9-11)13(2,3)4/h5-9H,1H2,2-4H3. The first-order chi connectivity index (χ1) is 7.43. The molecule has 0 unspecified atom stereocenters. The van der Waals surface area contributed by atoms with E-state index in [1.54, 1.807) is 12.1 Å². The normalized spacial score (nSPS) is 10.7. The molecule has 0 saturated heterocycles. The predicted molar refractivity (Wildman–Crippen MR) is 62.4 cm³/mol. The number of hydrogen-bond acceptors (Lipinski definition) is 3. The number of carbonyl (C=O) groups is 1. The summed E-state index contributed by atoms with van der Waals surface area (Å²) >= 11 is 0. The molecule has 0 aromatic heterocycles. The molecule has 0 radical (unpaired) electrons. The minimum absolute atomic E-state index is 0.0835. The molecule has 0 spiro atoms. The fourth-order valence-electron chi connectivity index (χ4n) is 1.21. The molecular weight excluding hydrogens is 204 g/mol. The molecule has 0 fully saturated rings. The molecule has 0 amide bonds. The zero-order valence-corrected chi connectivity index (χ0v) is 9.82. The van der Waals surface area contributed by atoms with Gasteiger partial charge in [0, 0.05) is 0 Å². The van der Waals surface area contributed by atoms with Gasteiger partial charge in [0.15, 0.2) is 0 Å². The van der Waals surface area contributed by atoms with Gasteiger partial charge in [-0.05, 0) is 23.1 Å². The van der Waals surface area contributed by atoms with Crippen molar-refractivity contribution >= 4 is 6.16 Å². The Bertz CT molecular complexity index is 371. The van der Waals surface area contributed by atoms with Gasteiger partial charge in [-0.2, -0.15) is 0 Å². The first-order valence-electron chi connectivity index (χ1n) is 5.03. The quantitative estimate of drug-likeness (QED) is 0.433. The molecule has 0 bridgehead atoms. The molecule has 86 valence electrons. The largest absolute Gasteiger partial charge is 0.518 e. The first-order valence-corrected chi connectivity index (χ1v) is 5.03. The highest BCUT2D eigenvalue weighted by molar-refractivity contribution is 5.64. The van der Waals surface area contributed by atoms with E-state index in [1.165, 1.54) is 5.56 Å². The highest BCUT2D eigenvalue weighted by atomic mass is 16.7. The van der Waals surface area contributed by atoms with Crippen LogP contribution >= 0.6 is 0 Å². The lowest BCUT2D eigenvalue weighted by Gasteiger charge is -2.18. The Morgan fingerprint density at radius 2 is 1.81 bits per heavy atom. The Kier molecular flexibility index (Phi) is 3.72. The lowest BCUT2D eigenvalue weighted by atomic mass is 9.87. The molecule has 1 aromatic rings. The molecular formula is C13H16O3. The minimum Gasteiger partial charge on any atom is -0.403 e. The van der Waals surface area contributed by atoms with Crippen LogP contribution in [0.2, 0.25) is 0 Å². The van der Waals surface area contributed by atoms with Gasteiger partial charge in [-0.25, -0.2) is 4.79 Å². The van der Waals surface area contributed by atoms with Gasteiger partial charge in [-0.3, -0.25) is 0 Å². The SMILES string of the molecule is C=COC(=O)Oc1ccc(C(C)(C)C)cc1. The molecule has 3 nitrogen and oxygen atoms in total.